The van der Waals surface area contributed by atoms with Crippen molar-refractivity contribution in [2.75, 3.05) is 16.8 Å². The van der Waals surface area contributed by atoms with E-state index in [1.54, 1.807) is 16.8 Å². The molecule has 1 aliphatic heterocycles. The van der Waals surface area contributed by atoms with Crippen LogP contribution in [0.25, 0.3) is 0 Å². The van der Waals surface area contributed by atoms with E-state index < -0.39 is 6.04 Å². The molecule has 0 aromatic heterocycles. The maximum atomic E-state index is 12.9. The lowest BCUT2D eigenvalue weighted by Crippen LogP contribution is -2.45. The van der Waals surface area contributed by atoms with Crippen molar-refractivity contribution in [1.82, 2.24) is 0 Å². The molecule has 0 bridgehead atoms. The Morgan fingerprint density at radius 3 is 2.39 bits per heavy atom. The Balaban J connectivity index is 1.87. The first kappa shape index (κ1) is 15.3. The normalized spacial score (nSPS) is 17.4. The predicted octanol–water partition coefficient (Wildman–Crippen LogP) is 3.15. The van der Waals surface area contributed by atoms with Crippen molar-refractivity contribution < 1.29 is 9.59 Å². The number of benzene rings is 2. The van der Waals surface area contributed by atoms with E-state index in [-0.39, 0.29) is 11.8 Å². The molecular weight excluding hydrogens is 288 g/mol. The zero-order valence-corrected chi connectivity index (χ0v) is 13.4. The van der Waals surface area contributed by atoms with Gasteiger partial charge in [-0.05, 0) is 37.6 Å². The summed E-state index contributed by atoms with van der Waals surface area (Å²) in [6.07, 6.45) is 0.968. The van der Waals surface area contributed by atoms with Gasteiger partial charge in [-0.1, -0.05) is 35.9 Å². The SMILES string of the molecule is Cc1ccc(N2C(=O)CCC2C(=O)N(C)c2ccccc2)cc1. The Morgan fingerprint density at radius 1 is 1.09 bits per heavy atom. The van der Waals surface area contributed by atoms with Crippen molar-refractivity contribution in [2.24, 2.45) is 0 Å². The highest BCUT2D eigenvalue weighted by molar-refractivity contribution is 6.08. The van der Waals surface area contributed by atoms with Crippen LogP contribution in [-0.4, -0.2) is 24.9 Å². The van der Waals surface area contributed by atoms with Gasteiger partial charge in [0.25, 0.3) is 0 Å². The number of aryl methyl sites for hydroxylation is 1. The van der Waals surface area contributed by atoms with Crippen LogP contribution in [0.15, 0.2) is 54.6 Å². The third-order valence-electron chi connectivity index (χ3n) is 4.28. The van der Waals surface area contributed by atoms with Gasteiger partial charge in [0.15, 0.2) is 0 Å². The Kier molecular flexibility index (Phi) is 4.15. The fourth-order valence-corrected chi connectivity index (χ4v) is 2.95. The number of nitrogens with zero attached hydrogens (tertiary/aromatic N) is 2. The molecule has 0 saturated carbocycles. The van der Waals surface area contributed by atoms with Crippen LogP contribution in [0.3, 0.4) is 0 Å². The number of hydrogen-bond donors (Lipinski definition) is 0. The van der Waals surface area contributed by atoms with E-state index in [4.69, 9.17) is 0 Å². The first-order valence-electron chi connectivity index (χ1n) is 7.79. The van der Waals surface area contributed by atoms with Crippen molar-refractivity contribution in [3.8, 4) is 0 Å². The fraction of sp³-hybridized carbons (Fsp3) is 0.263. The molecule has 118 valence electrons. The average Bonchev–Trinajstić information content (AvgIpc) is 2.97. The van der Waals surface area contributed by atoms with Crippen molar-refractivity contribution in [1.29, 1.82) is 0 Å². The largest absolute Gasteiger partial charge is 0.314 e. The minimum atomic E-state index is -0.435. The highest BCUT2D eigenvalue weighted by atomic mass is 16.2. The summed E-state index contributed by atoms with van der Waals surface area (Å²) in [7, 11) is 1.76. The molecule has 4 nitrogen and oxygen atoms in total. The minimum Gasteiger partial charge on any atom is -0.314 e. The molecule has 1 atom stereocenters. The van der Waals surface area contributed by atoms with E-state index in [0.717, 1.165) is 16.9 Å². The van der Waals surface area contributed by atoms with E-state index in [1.165, 1.54) is 0 Å². The van der Waals surface area contributed by atoms with Gasteiger partial charge in [-0.25, -0.2) is 0 Å². The van der Waals surface area contributed by atoms with Gasteiger partial charge in [0.1, 0.15) is 6.04 Å². The fourth-order valence-electron chi connectivity index (χ4n) is 2.95. The maximum Gasteiger partial charge on any atom is 0.249 e. The number of anilines is 2. The predicted molar refractivity (Wildman–Crippen MR) is 91.5 cm³/mol. The molecule has 1 aliphatic rings. The Hall–Kier alpha value is -2.62. The van der Waals surface area contributed by atoms with Gasteiger partial charge >= 0.3 is 0 Å². The molecule has 3 rings (SSSR count). The highest BCUT2D eigenvalue weighted by Crippen LogP contribution is 2.29. The van der Waals surface area contributed by atoms with E-state index >= 15 is 0 Å². The molecule has 1 fully saturated rings. The molecule has 2 amide bonds. The maximum absolute atomic E-state index is 12.9. The second-order valence-electron chi connectivity index (χ2n) is 5.89. The molecule has 1 heterocycles. The number of hydrogen-bond acceptors (Lipinski definition) is 2. The molecule has 23 heavy (non-hydrogen) atoms. The van der Waals surface area contributed by atoms with Crippen LogP contribution < -0.4 is 9.80 Å². The summed E-state index contributed by atoms with van der Waals surface area (Å²) in [6.45, 7) is 2.00. The van der Waals surface area contributed by atoms with Crippen LogP contribution in [-0.2, 0) is 9.59 Å². The van der Waals surface area contributed by atoms with Crippen molar-refractivity contribution in [3.05, 3.63) is 60.2 Å². The molecule has 2 aromatic carbocycles. The van der Waals surface area contributed by atoms with Gasteiger partial charge in [0.2, 0.25) is 11.8 Å². The van der Waals surface area contributed by atoms with E-state index in [0.29, 0.717) is 12.8 Å². The van der Waals surface area contributed by atoms with E-state index in [9.17, 15) is 9.59 Å². The van der Waals surface area contributed by atoms with Gasteiger partial charge < -0.3 is 4.90 Å². The van der Waals surface area contributed by atoms with Gasteiger partial charge in [0, 0.05) is 24.8 Å². The standard InChI is InChI=1S/C19H20N2O2/c1-14-8-10-16(11-9-14)21-17(12-13-18(21)22)19(23)20(2)15-6-4-3-5-7-15/h3-11,17H,12-13H2,1-2H3. The lowest BCUT2D eigenvalue weighted by atomic mass is 10.1. The van der Waals surface area contributed by atoms with Gasteiger partial charge in [-0.3, -0.25) is 14.5 Å². The lowest BCUT2D eigenvalue weighted by molar-refractivity contribution is -0.121. The van der Waals surface area contributed by atoms with Crippen LogP contribution in [0, 0.1) is 6.92 Å². The Morgan fingerprint density at radius 2 is 1.74 bits per heavy atom. The van der Waals surface area contributed by atoms with Gasteiger partial charge in [-0.15, -0.1) is 0 Å². The second kappa shape index (κ2) is 6.24. The number of likely N-dealkylation sites (N-methyl/N-ethyl adjacent to an activating group) is 1. The van der Waals surface area contributed by atoms with E-state index in [2.05, 4.69) is 0 Å². The molecular formula is C19H20N2O2. The summed E-state index contributed by atoms with van der Waals surface area (Å²) >= 11 is 0. The van der Waals surface area contributed by atoms with Crippen molar-refractivity contribution in [3.63, 3.8) is 0 Å². The Labute approximate surface area is 136 Å². The molecule has 0 spiro atoms. The smallest absolute Gasteiger partial charge is 0.249 e. The zero-order valence-electron chi connectivity index (χ0n) is 13.4. The van der Waals surface area contributed by atoms with Crippen molar-refractivity contribution >= 4 is 23.2 Å². The lowest BCUT2D eigenvalue weighted by Gasteiger charge is -2.28. The summed E-state index contributed by atoms with van der Waals surface area (Å²) < 4.78 is 0. The zero-order chi connectivity index (χ0) is 16.4. The number of carbonyl (C=O) groups excluding carboxylic acids is 2. The summed E-state index contributed by atoms with van der Waals surface area (Å²) in [5.74, 6) is -0.0451. The molecule has 1 saturated heterocycles. The summed E-state index contributed by atoms with van der Waals surface area (Å²) in [6, 6.07) is 16.8. The molecule has 0 aliphatic carbocycles. The van der Waals surface area contributed by atoms with Crippen LogP contribution in [0.5, 0.6) is 0 Å². The Bertz CT molecular complexity index is 710. The van der Waals surface area contributed by atoms with Crippen LogP contribution >= 0.6 is 0 Å². The number of carbonyl (C=O) groups is 2. The molecule has 0 N–H and O–H groups in total. The minimum absolute atomic E-state index is 0.00802. The summed E-state index contributed by atoms with van der Waals surface area (Å²) in [5, 5.41) is 0. The van der Waals surface area contributed by atoms with Crippen molar-refractivity contribution in [2.45, 2.75) is 25.8 Å². The first-order chi connectivity index (χ1) is 11.1. The quantitative estimate of drug-likeness (QED) is 0.874. The van der Waals surface area contributed by atoms with Crippen LogP contribution in [0.1, 0.15) is 18.4 Å². The van der Waals surface area contributed by atoms with Crippen LogP contribution in [0.4, 0.5) is 11.4 Å². The highest BCUT2D eigenvalue weighted by Gasteiger charge is 2.38. The number of rotatable bonds is 3. The number of amides is 2. The van der Waals surface area contributed by atoms with Crippen LogP contribution in [0.2, 0.25) is 0 Å². The third-order valence-corrected chi connectivity index (χ3v) is 4.28. The average molecular weight is 308 g/mol. The van der Waals surface area contributed by atoms with Gasteiger partial charge in [0.05, 0.1) is 0 Å². The molecule has 2 aromatic rings. The van der Waals surface area contributed by atoms with Gasteiger partial charge in [-0.2, -0.15) is 0 Å². The molecule has 0 radical (unpaired) electrons. The monoisotopic (exact) mass is 308 g/mol. The number of para-hydroxylation sites is 1. The third kappa shape index (κ3) is 2.97. The second-order valence-corrected chi connectivity index (χ2v) is 5.89. The summed E-state index contributed by atoms with van der Waals surface area (Å²) in [5.41, 5.74) is 2.75. The molecule has 1 unspecified atom stereocenters. The van der Waals surface area contributed by atoms with E-state index in [1.807, 2.05) is 61.5 Å². The topological polar surface area (TPSA) is 40.6 Å². The first-order valence-corrected chi connectivity index (χ1v) is 7.79. The summed E-state index contributed by atoms with van der Waals surface area (Å²) in [4.78, 5) is 28.4. The molecule has 4 heteroatoms.